The normalized spacial score (nSPS) is 12.6. The summed E-state index contributed by atoms with van der Waals surface area (Å²) in [6.07, 6.45) is -0.804. The van der Waals surface area contributed by atoms with Gasteiger partial charge >= 0.3 is 0 Å². The smallest absolute Gasteiger partial charge is 0.228 e. The van der Waals surface area contributed by atoms with Crippen LogP contribution in [0.25, 0.3) is 0 Å². The molecule has 2 N–H and O–H groups in total. The minimum absolute atomic E-state index is 0.0385. The summed E-state index contributed by atoms with van der Waals surface area (Å²) in [7, 11) is 1.49. The molecule has 0 aliphatic heterocycles. The van der Waals surface area contributed by atoms with Crippen LogP contribution in [-0.4, -0.2) is 29.8 Å². The van der Waals surface area contributed by atoms with Gasteiger partial charge in [-0.3, -0.25) is 4.79 Å². The number of nitrogens with zero attached hydrogens (tertiary/aromatic N) is 2. The lowest BCUT2D eigenvalue weighted by Gasteiger charge is -2.10. The van der Waals surface area contributed by atoms with E-state index in [2.05, 4.69) is 26.1 Å². The molecule has 2 rings (SSSR count). The van der Waals surface area contributed by atoms with Crippen molar-refractivity contribution in [3.8, 4) is 5.88 Å². The summed E-state index contributed by atoms with van der Waals surface area (Å²) in [5, 5.41) is 4.33. The van der Waals surface area contributed by atoms with E-state index >= 15 is 0 Å². The number of carbonyl (C=O) groups is 1. The standard InChI is InChI=1S/C16H15BrClN3O3/c1-9(14(22)10-3-5-11(18)6-4-10)24-21-15(19)13-8-7-12(17)16(20-13)23-2/h3-9H,1-2H3,(H2,19,21). The first kappa shape index (κ1) is 18.2. The molecule has 0 aliphatic carbocycles. The number of hydrogen-bond acceptors (Lipinski definition) is 5. The largest absolute Gasteiger partial charge is 0.480 e. The summed E-state index contributed by atoms with van der Waals surface area (Å²) >= 11 is 9.10. The van der Waals surface area contributed by atoms with Crippen LogP contribution in [0.4, 0.5) is 0 Å². The van der Waals surface area contributed by atoms with Crippen LogP contribution in [0.5, 0.6) is 5.88 Å². The average molecular weight is 413 g/mol. The molecular weight excluding hydrogens is 398 g/mol. The molecule has 1 heterocycles. The number of aromatic nitrogens is 1. The van der Waals surface area contributed by atoms with Crippen LogP contribution in [0.1, 0.15) is 23.0 Å². The van der Waals surface area contributed by atoms with Gasteiger partial charge in [-0.15, -0.1) is 0 Å². The van der Waals surface area contributed by atoms with Crippen molar-refractivity contribution in [2.75, 3.05) is 7.11 Å². The molecule has 24 heavy (non-hydrogen) atoms. The van der Waals surface area contributed by atoms with Crippen LogP contribution in [0.15, 0.2) is 46.0 Å². The van der Waals surface area contributed by atoms with Gasteiger partial charge in [0.1, 0.15) is 5.69 Å². The number of rotatable bonds is 6. The molecule has 0 saturated heterocycles. The van der Waals surface area contributed by atoms with Gasteiger partial charge in [-0.05, 0) is 59.3 Å². The van der Waals surface area contributed by atoms with Crippen molar-refractivity contribution in [2.45, 2.75) is 13.0 Å². The molecule has 8 heteroatoms. The maximum absolute atomic E-state index is 12.2. The number of benzene rings is 1. The van der Waals surface area contributed by atoms with Gasteiger partial charge in [0.15, 0.2) is 11.9 Å². The summed E-state index contributed by atoms with van der Waals surface area (Å²) in [4.78, 5) is 21.6. The Morgan fingerprint density at radius 2 is 1.96 bits per heavy atom. The Morgan fingerprint density at radius 3 is 2.58 bits per heavy atom. The maximum Gasteiger partial charge on any atom is 0.228 e. The quantitative estimate of drug-likeness (QED) is 0.340. The first-order valence-electron chi connectivity index (χ1n) is 6.92. The van der Waals surface area contributed by atoms with Crippen LogP contribution in [0.2, 0.25) is 5.02 Å². The summed E-state index contributed by atoms with van der Waals surface area (Å²) in [5.74, 6) is 0.178. The van der Waals surface area contributed by atoms with Crippen LogP contribution in [0, 0.1) is 0 Å². The van der Waals surface area contributed by atoms with E-state index in [0.717, 1.165) is 0 Å². The monoisotopic (exact) mass is 411 g/mol. The van der Waals surface area contributed by atoms with Gasteiger partial charge in [-0.2, -0.15) is 0 Å². The number of ether oxygens (including phenoxy) is 1. The highest BCUT2D eigenvalue weighted by Crippen LogP contribution is 2.22. The molecule has 6 nitrogen and oxygen atoms in total. The van der Waals surface area contributed by atoms with Gasteiger partial charge in [0, 0.05) is 10.6 Å². The third kappa shape index (κ3) is 4.46. The highest BCUT2D eigenvalue weighted by atomic mass is 79.9. The molecule has 0 amide bonds. The fourth-order valence-corrected chi connectivity index (χ4v) is 2.30. The first-order valence-corrected chi connectivity index (χ1v) is 8.09. The Bertz CT molecular complexity index is 766. The molecular formula is C16H15BrClN3O3. The second-order valence-corrected chi connectivity index (χ2v) is 6.07. The Hall–Kier alpha value is -2.12. The Morgan fingerprint density at radius 1 is 1.29 bits per heavy atom. The van der Waals surface area contributed by atoms with E-state index in [1.165, 1.54) is 7.11 Å². The zero-order chi connectivity index (χ0) is 17.7. The Balaban J connectivity index is 2.08. The minimum atomic E-state index is -0.804. The fourth-order valence-electron chi connectivity index (χ4n) is 1.79. The van der Waals surface area contributed by atoms with Crippen LogP contribution in [0.3, 0.4) is 0 Å². The van der Waals surface area contributed by atoms with Gasteiger partial charge in [0.25, 0.3) is 0 Å². The third-order valence-corrected chi connectivity index (χ3v) is 3.93. The van der Waals surface area contributed by atoms with E-state index in [-0.39, 0.29) is 11.6 Å². The van der Waals surface area contributed by atoms with E-state index in [0.29, 0.717) is 26.6 Å². The maximum atomic E-state index is 12.2. The predicted octanol–water partition coefficient (Wildman–Crippen LogP) is 3.41. The van der Waals surface area contributed by atoms with Crippen LogP contribution < -0.4 is 10.5 Å². The second kappa shape index (κ2) is 8.12. The Labute approximate surface area is 152 Å². The topological polar surface area (TPSA) is 86.8 Å². The number of carbonyl (C=O) groups excluding carboxylic acids is 1. The number of ketones is 1. The lowest BCUT2D eigenvalue weighted by atomic mass is 10.1. The third-order valence-electron chi connectivity index (χ3n) is 3.08. The van der Waals surface area contributed by atoms with Gasteiger partial charge in [0.05, 0.1) is 11.6 Å². The number of methoxy groups -OCH3 is 1. The molecule has 0 bridgehead atoms. The van der Waals surface area contributed by atoms with Crippen molar-refractivity contribution in [1.29, 1.82) is 0 Å². The molecule has 1 unspecified atom stereocenters. The van der Waals surface area contributed by atoms with E-state index < -0.39 is 6.10 Å². The number of nitrogens with two attached hydrogens (primary N) is 1. The summed E-state index contributed by atoms with van der Waals surface area (Å²) in [6, 6.07) is 9.90. The zero-order valence-electron chi connectivity index (χ0n) is 13.0. The van der Waals surface area contributed by atoms with Crippen molar-refractivity contribution in [3.05, 3.63) is 57.2 Å². The van der Waals surface area contributed by atoms with Crippen molar-refractivity contribution in [3.63, 3.8) is 0 Å². The number of amidine groups is 1. The van der Waals surface area contributed by atoms with Crippen molar-refractivity contribution in [1.82, 2.24) is 4.98 Å². The predicted molar refractivity (Wildman–Crippen MR) is 95.5 cm³/mol. The van der Waals surface area contributed by atoms with Gasteiger partial charge < -0.3 is 15.3 Å². The number of oxime groups is 1. The van der Waals surface area contributed by atoms with E-state index in [1.807, 2.05) is 0 Å². The van der Waals surface area contributed by atoms with Gasteiger partial charge in [-0.1, -0.05) is 16.8 Å². The average Bonchev–Trinajstić information content (AvgIpc) is 2.59. The van der Waals surface area contributed by atoms with E-state index in [1.54, 1.807) is 43.3 Å². The molecule has 2 aromatic rings. The summed E-state index contributed by atoms with van der Waals surface area (Å²) in [5.41, 5.74) is 6.69. The minimum Gasteiger partial charge on any atom is -0.480 e. The van der Waals surface area contributed by atoms with Gasteiger partial charge in [-0.25, -0.2) is 4.98 Å². The SMILES string of the molecule is COc1nc(C(N)=NOC(C)C(=O)c2ccc(Cl)cc2)ccc1Br. The highest BCUT2D eigenvalue weighted by Gasteiger charge is 2.17. The molecule has 0 fully saturated rings. The van der Waals surface area contributed by atoms with Crippen molar-refractivity contribution in [2.24, 2.45) is 10.9 Å². The fraction of sp³-hybridized carbons (Fsp3) is 0.188. The molecule has 0 aliphatic rings. The van der Waals surface area contributed by atoms with Crippen molar-refractivity contribution < 1.29 is 14.4 Å². The van der Waals surface area contributed by atoms with E-state index in [4.69, 9.17) is 26.9 Å². The van der Waals surface area contributed by atoms with Crippen LogP contribution in [-0.2, 0) is 4.84 Å². The Kier molecular flexibility index (Phi) is 6.16. The molecule has 0 saturated carbocycles. The number of Topliss-reactive ketones (excluding diaryl/α,β-unsaturated/α-hetero) is 1. The first-order chi connectivity index (χ1) is 11.4. The molecule has 1 aromatic heterocycles. The lowest BCUT2D eigenvalue weighted by molar-refractivity contribution is 0.0502. The molecule has 1 atom stereocenters. The lowest BCUT2D eigenvalue weighted by Crippen LogP contribution is -2.22. The molecule has 126 valence electrons. The number of halogens is 2. The second-order valence-electron chi connectivity index (χ2n) is 4.78. The van der Waals surface area contributed by atoms with Crippen molar-refractivity contribution >= 4 is 39.1 Å². The van der Waals surface area contributed by atoms with Gasteiger partial charge in [0.2, 0.25) is 11.7 Å². The summed E-state index contributed by atoms with van der Waals surface area (Å²) in [6.45, 7) is 1.59. The zero-order valence-corrected chi connectivity index (χ0v) is 15.3. The summed E-state index contributed by atoms with van der Waals surface area (Å²) < 4.78 is 5.78. The van der Waals surface area contributed by atoms with E-state index in [9.17, 15) is 4.79 Å². The molecule has 1 aromatic carbocycles. The number of hydrogen-bond donors (Lipinski definition) is 1. The molecule has 0 spiro atoms. The van der Waals surface area contributed by atoms with Crippen LogP contribution >= 0.6 is 27.5 Å². The number of pyridine rings is 1. The highest BCUT2D eigenvalue weighted by molar-refractivity contribution is 9.10. The molecule has 0 radical (unpaired) electrons.